The van der Waals surface area contributed by atoms with E-state index in [4.69, 9.17) is 0 Å². The van der Waals surface area contributed by atoms with Gasteiger partial charge >= 0.3 is 0 Å². The summed E-state index contributed by atoms with van der Waals surface area (Å²) in [7, 11) is 0. The Labute approximate surface area is 109 Å². The van der Waals surface area contributed by atoms with Gasteiger partial charge in [-0.2, -0.15) is 0 Å². The smallest absolute Gasteiger partial charge is 0.123 e. The molecule has 1 aromatic rings. The Hall–Kier alpha value is -0.640. The Morgan fingerprint density at radius 3 is 2.41 bits per heavy atom. The summed E-state index contributed by atoms with van der Waals surface area (Å²) in [6.07, 6.45) is 2.69. The third-order valence-electron chi connectivity index (χ3n) is 3.05. The summed E-state index contributed by atoms with van der Waals surface area (Å²) in [4.78, 5) is 2.48. The van der Waals surface area contributed by atoms with E-state index in [2.05, 4.69) is 10.2 Å². The minimum Gasteiger partial charge on any atom is -0.311 e. The van der Waals surface area contributed by atoms with Gasteiger partial charge in [0, 0.05) is 19.6 Å². The first-order valence-corrected chi connectivity index (χ1v) is 6.02. The van der Waals surface area contributed by atoms with E-state index < -0.39 is 0 Å². The number of halogens is 2. The Bertz CT molecular complexity index is 310. The third kappa shape index (κ3) is 5.02. The number of nitrogens with one attached hydrogen (secondary N) is 1. The van der Waals surface area contributed by atoms with Gasteiger partial charge in [-0.1, -0.05) is 12.1 Å². The van der Waals surface area contributed by atoms with Crippen molar-refractivity contribution in [3.05, 3.63) is 35.6 Å². The van der Waals surface area contributed by atoms with Crippen LogP contribution in [-0.4, -0.2) is 31.1 Å². The molecule has 1 heterocycles. The van der Waals surface area contributed by atoms with Crippen LogP contribution in [-0.2, 0) is 6.54 Å². The second kappa shape index (κ2) is 7.64. The van der Waals surface area contributed by atoms with Crippen molar-refractivity contribution in [1.29, 1.82) is 0 Å². The standard InChI is InChI=1S/C13H19FN2.ClH/c14-13-5-3-12(4-6-13)11-15-7-10-16-8-1-2-9-16;/h3-6,15H,1-2,7-11H2;1H. The molecule has 1 aliphatic heterocycles. The van der Waals surface area contributed by atoms with Crippen LogP contribution >= 0.6 is 12.4 Å². The van der Waals surface area contributed by atoms with Crippen LogP contribution in [0.25, 0.3) is 0 Å². The van der Waals surface area contributed by atoms with E-state index in [1.165, 1.54) is 38.1 Å². The Balaban J connectivity index is 0.00000144. The zero-order valence-corrected chi connectivity index (χ0v) is 10.8. The first-order chi connectivity index (χ1) is 7.84. The topological polar surface area (TPSA) is 15.3 Å². The molecule has 0 unspecified atom stereocenters. The molecule has 0 saturated carbocycles. The Morgan fingerprint density at radius 2 is 1.76 bits per heavy atom. The summed E-state index contributed by atoms with van der Waals surface area (Å²) in [6, 6.07) is 6.69. The highest BCUT2D eigenvalue weighted by atomic mass is 35.5. The maximum Gasteiger partial charge on any atom is 0.123 e. The summed E-state index contributed by atoms with van der Waals surface area (Å²) >= 11 is 0. The monoisotopic (exact) mass is 258 g/mol. The maximum absolute atomic E-state index is 12.7. The lowest BCUT2D eigenvalue weighted by molar-refractivity contribution is 0.335. The molecule has 1 aliphatic rings. The zero-order chi connectivity index (χ0) is 11.2. The van der Waals surface area contributed by atoms with Crippen LogP contribution in [0.4, 0.5) is 4.39 Å². The van der Waals surface area contributed by atoms with Gasteiger partial charge in [-0.05, 0) is 43.6 Å². The second-order valence-corrected chi connectivity index (χ2v) is 4.35. The minimum atomic E-state index is -0.166. The molecule has 1 fully saturated rings. The average molecular weight is 259 g/mol. The fraction of sp³-hybridized carbons (Fsp3) is 0.538. The average Bonchev–Trinajstić information content (AvgIpc) is 2.80. The summed E-state index contributed by atoms with van der Waals surface area (Å²) in [6.45, 7) is 5.46. The Morgan fingerprint density at radius 1 is 1.12 bits per heavy atom. The van der Waals surface area contributed by atoms with Crippen molar-refractivity contribution < 1.29 is 4.39 Å². The minimum absolute atomic E-state index is 0. The summed E-state index contributed by atoms with van der Waals surface area (Å²) in [5.74, 6) is -0.166. The van der Waals surface area contributed by atoms with E-state index in [9.17, 15) is 4.39 Å². The number of benzene rings is 1. The molecule has 0 spiro atoms. The van der Waals surface area contributed by atoms with Gasteiger partial charge < -0.3 is 10.2 Å². The second-order valence-electron chi connectivity index (χ2n) is 4.35. The van der Waals surface area contributed by atoms with Crippen LogP contribution in [0.1, 0.15) is 18.4 Å². The van der Waals surface area contributed by atoms with E-state index in [-0.39, 0.29) is 18.2 Å². The molecule has 2 nitrogen and oxygen atoms in total. The molecule has 96 valence electrons. The number of nitrogens with zero attached hydrogens (tertiary/aromatic N) is 1. The lowest BCUT2D eigenvalue weighted by Gasteiger charge is -2.14. The van der Waals surface area contributed by atoms with Crippen molar-refractivity contribution in [3.8, 4) is 0 Å². The van der Waals surface area contributed by atoms with Crippen LogP contribution < -0.4 is 5.32 Å². The van der Waals surface area contributed by atoms with Gasteiger partial charge in [-0.25, -0.2) is 4.39 Å². The number of rotatable bonds is 5. The summed E-state index contributed by atoms with van der Waals surface area (Å²) < 4.78 is 12.7. The molecule has 0 bridgehead atoms. The quantitative estimate of drug-likeness (QED) is 0.816. The molecule has 0 radical (unpaired) electrons. The molecule has 4 heteroatoms. The van der Waals surface area contributed by atoms with Gasteiger partial charge in [-0.3, -0.25) is 0 Å². The lowest BCUT2D eigenvalue weighted by atomic mass is 10.2. The predicted molar refractivity (Wildman–Crippen MR) is 71.0 cm³/mol. The van der Waals surface area contributed by atoms with Crippen molar-refractivity contribution in [2.24, 2.45) is 0 Å². The number of hydrogen-bond donors (Lipinski definition) is 1. The van der Waals surface area contributed by atoms with Crippen LogP contribution in [0.3, 0.4) is 0 Å². The van der Waals surface area contributed by atoms with E-state index in [0.29, 0.717) is 0 Å². The fourth-order valence-electron chi connectivity index (χ4n) is 2.08. The van der Waals surface area contributed by atoms with Gasteiger partial charge in [0.15, 0.2) is 0 Å². The molecule has 0 aromatic heterocycles. The van der Waals surface area contributed by atoms with Gasteiger partial charge in [0.05, 0.1) is 0 Å². The third-order valence-corrected chi connectivity index (χ3v) is 3.05. The molecule has 17 heavy (non-hydrogen) atoms. The highest BCUT2D eigenvalue weighted by molar-refractivity contribution is 5.85. The largest absolute Gasteiger partial charge is 0.311 e. The van der Waals surface area contributed by atoms with E-state index >= 15 is 0 Å². The van der Waals surface area contributed by atoms with Crippen molar-refractivity contribution in [3.63, 3.8) is 0 Å². The SMILES string of the molecule is Cl.Fc1ccc(CNCCN2CCCC2)cc1. The van der Waals surface area contributed by atoms with Crippen LogP contribution in [0, 0.1) is 5.82 Å². The van der Waals surface area contributed by atoms with Gasteiger partial charge in [0.2, 0.25) is 0 Å². The van der Waals surface area contributed by atoms with E-state index in [1.807, 2.05) is 12.1 Å². The molecular weight excluding hydrogens is 239 g/mol. The fourth-order valence-corrected chi connectivity index (χ4v) is 2.08. The molecule has 0 amide bonds. The Kier molecular flexibility index (Phi) is 6.48. The highest BCUT2D eigenvalue weighted by Gasteiger charge is 2.09. The molecule has 1 aromatic carbocycles. The van der Waals surface area contributed by atoms with E-state index in [0.717, 1.165) is 25.2 Å². The lowest BCUT2D eigenvalue weighted by Crippen LogP contribution is -2.29. The van der Waals surface area contributed by atoms with Gasteiger partial charge in [0.1, 0.15) is 5.82 Å². The first kappa shape index (κ1) is 14.4. The van der Waals surface area contributed by atoms with Gasteiger partial charge in [0.25, 0.3) is 0 Å². The molecule has 0 atom stereocenters. The molecule has 1 N–H and O–H groups in total. The maximum atomic E-state index is 12.7. The van der Waals surface area contributed by atoms with Crippen molar-refractivity contribution in [2.45, 2.75) is 19.4 Å². The summed E-state index contributed by atoms with van der Waals surface area (Å²) in [5, 5.41) is 3.38. The first-order valence-electron chi connectivity index (χ1n) is 6.02. The zero-order valence-electron chi connectivity index (χ0n) is 9.99. The molecule has 2 rings (SSSR count). The molecular formula is C13H20ClFN2. The van der Waals surface area contributed by atoms with Crippen molar-refractivity contribution in [1.82, 2.24) is 10.2 Å². The number of likely N-dealkylation sites (tertiary alicyclic amines) is 1. The van der Waals surface area contributed by atoms with Crippen LogP contribution in [0.15, 0.2) is 24.3 Å². The van der Waals surface area contributed by atoms with Crippen LogP contribution in [0.5, 0.6) is 0 Å². The highest BCUT2D eigenvalue weighted by Crippen LogP contribution is 2.06. The predicted octanol–water partition coefficient (Wildman–Crippen LogP) is 2.43. The molecule has 0 aliphatic carbocycles. The normalized spacial score (nSPS) is 15.8. The molecule has 1 saturated heterocycles. The van der Waals surface area contributed by atoms with Crippen LogP contribution in [0.2, 0.25) is 0 Å². The number of hydrogen-bond acceptors (Lipinski definition) is 2. The van der Waals surface area contributed by atoms with Crippen molar-refractivity contribution >= 4 is 12.4 Å². The summed E-state index contributed by atoms with van der Waals surface area (Å²) in [5.41, 5.74) is 1.14. The van der Waals surface area contributed by atoms with Crippen molar-refractivity contribution in [2.75, 3.05) is 26.2 Å². The van der Waals surface area contributed by atoms with E-state index in [1.54, 1.807) is 0 Å². The van der Waals surface area contributed by atoms with Gasteiger partial charge in [-0.15, -0.1) is 12.4 Å².